The van der Waals surface area contributed by atoms with E-state index in [1.807, 2.05) is 13.0 Å². The zero-order valence-corrected chi connectivity index (χ0v) is 14.1. The van der Waals surface area contributed by atoms with Gasteiger partial charge in [0.05, 0.1) is 5.02 Å². The number of ketones is 1. The monoisotopic (exact) mass is 336 g/mol. The fourth-order valence-electron chi connectivity index (χ4n) is 5.76. The summed E-state index contributed by atoms with van der Waals surface area (Å²) in [6, 6.07) is 3.68. The molecule has 0 heterocycles. The summed E-state index contributed by atoms with van der Waals surface area (Å²) in [5.41, 5.74) is 1.94. The van der Waals surface area contributed by atoms with Gasteiger partial charge in [0.2, 0.25) is 0 Å². The molecule has 0 unspecified atom stereocenters. The number of aromatic hydroxyl groups is 1. The van der Waals surface area contributed by atoms with Crippen LogP contribution in [0.3, 0.4) is 0 Å². The van der Waals surface area contributed by atoms with E-state index in [0.29, 0.717) is 23.3 Å². The van der Waals surface area contributed by atoms with Crippen LogP contribution in [-0.4, -0.2) is 17.1 Å². The van der Waals surface area contributed by atoms with Crippen LogP contribution in [-0.2, 0) is 11.2 Å². The van der Waals surface area contributed by atoms with Crippen LogP contribution in [0.25, 0.3) is 0 Å². The van der Waals surface area contributed by atoms with Crippen LogP contribution in [0.15, 0.2) is 12.1 Å². The molecule has 3 aliphatic carbocycles. The highest BCUT2D eigenvalue weighted by Gasteiger charge is 2.59. The minimum absolute atomic E-state index is 0.141. The molecule has 0 aliphatic heterocycles. The van der Waals surface area contributed by atoms with Gasteiger partial charge < -0.3 is 5.11 Å². The summed E-state index contributed by atoms with van der Waals surface area (Å²) >= 11 is 6.12. The Morgan fingerprint density at radius 3 is 2.91 bits per heavy atom. The second-order valence-electron chi connectivity index (χ2n) is 7.53. The van der Waals surface area contributed by atoms with Crippen LogP contribution in [0, 0.1) is 17.3 Å². The first kappa shape index (κ1) is 15.4. The zero-order chi connectivity index (χ0) is 16.4. The number of phenols is 1. The van der Waals surface area contributed by atoms with E-state index < -0.39 is 11.6 Å². The van der Waals surface area contributed by atoms with E-state index in [1.54, 1.807) is 6.07 Å². The fourth-order valence-corrected chi connectivity index (χ4v) is 5.93. The molecule has 1 N–H and O–H groups in total. The number of aryl methyl sites for hydroxylation is 1. The van der Waals surface area contributed by atoms with Crippen LogP contribution in [0.5, 0.6) is 5.75 Å². The molecule has 2 fully saturated rings. The first-order valence-corrected chi connectivity index (χ1v) is 9.05. The largest absolute Gasteiger partial charge is 0.506 e. The van der Waals surface area contributed by atoms with Gasteiger partial charge in [0.15, 0.2) is 12.0 Å². The Labute approximate surface area is 141 Å². The predicted octanol–water partition coefficient (Wildman–Crippen LogP) is 4.81. The number of carbonyl (C=O) groups excluding carboxylic acids is 1. The summed E-state index contributed by atoms with van der Waals surface area (Å²) in [6.45, 7) is 2.04. The van der Waals surface area contributed by atoms with E-state index in [-0.39, 0.29) is 17.5 Å². The average Bonchev–Trinajstić information content (AvgIpc) is 2.80. The molecule has 0 saturated heterocycles. The summed E-state index contributed by atoms with van der Waals surface area (Å²) < 4.78 is 14.2. The average molecular weight is 337 g/mol. The van der Waals surface area contributed by atoms with E-state index in [4.69, 9.17) is 11.6 Å². The number of phenolic OH excluding ortho intramolecular Hbond substituents is 1. The maximum absolute atomic E-state index is 14.2. The molecule has 124 valence electrons. The number of hydrogen-bond acceptors (Lipinski definition) is 2. The van der Waals surface area contributed by atoms with Gasteiger partial charge in [0.1, 0.15) is 5.75 Å². The Bertz CT molecular complexity index is 674. The lowest BCUT2D eigenvalue weighted by Crippen LogP contribution is -2.44. The summed E-state index contributed by atoms with van der Waals surface area (Å²) in [5.74, 6) is 0.871. The van der Waals surface area contributed by atoms with Crippen LogP contribution in [0.1, 0.15) is 56.1 Å². The smallest absolute Gasteiger partial charge is 0.173 e. The first-order valence-electron chi connectivity index (χ1n) is 8.67. The molecule has 0 aromatic heterocycles. The number of carbonyl (C=O) groups is 1. The van der Waals surface area contributed by atoms with Crippen molar-refractivity contribution in [2.24, 2.45) is 17.3 Å². The molecule has 0 bridgehead atoms. The highest BCUT2D eigenvalue weighted by atomic mass is 35.5. The van der Waals surface area contributed by atoms with Gasteiger partial charge in [-0.25, -0.2) is 4.39 Å². The third-order valence-corrected chi connectivity index (χ3v) is 7.17. The Morgan fingerprint density at radius 1 is 1.39 bits per heavy atom. The lowest BCUT2D eigenvalue weighted by atomic mass is 9.54. The predicted molar refractivity (Wildman–Crippen MR) is 87.6 cm³/mol. The molecular formula is C19H22ClFO2. The van der Waals surface area contributed by atoms with Crippen molar-refractivity contribution in [2.45, 2.75) is 57.5 Å². The Morgan fingerprint density at radius 2 is 2.17 bits per heavy atom. The molecule has 1 aromatic rings. The van der Waals surface area contributed by atoms with Gasteiger partial charge in [0, 0.05) is 5.41 Å². The number of fused-ring (bicyclic) bond motifs is 5. The second-order valence-corrected chi connectivity index (χ2v) is 7.94. The number of hydrogen-bond donors (Lipinski definition) is 1. The maximum atomic E-state index is 14.2. The Hall–Kier alpha value is -1.09. The standard InChI is InChI=1S/C19H22ClFO2/c1-2-19-6-5-11-12(14(19)9-16(21)18(19)23)4-3-10-7-17(22)15(20)8-13(10)11/h7-8,11-12,14,16,22H,2-6,9H2,1H3/t11-,12+,14-,16-,19-/m0/s1. The van der Waals surface area contributed by atoms with Gasteiger partial charge in [-0.1, -0.05) is 18.5 Å². The van der Waals surface area contributed by atoms with Crippen molar-refractivity contribution in [1.29, 1.82) is 0 Å². The van der Waals surface area contributed by atoms with Crippen LogP contribution in [0.2, 0.25) is 5.02 Å². The molecule has 5 atom stereocenters. The second kappa shape index (κ2) is 5.20. The van der Waals surface area contributed by atoms with Gasteiger partial charge >= 0.3 is 0 Å². The van der Waals surface area contributed by atoms with Gasteiger partial charge in [0.25, 0.3) is 0 Å². The van der Waals surface area contributed by atoms with E-state index in [0.717, 1.165) is 32.1 Å². The van der Waals surface area contributed by atoms with E-state index in [9.17, 15) is 14.3 Å². The highest BCUT2D eigenvalue weighted by molar-refractivity contribution is 6.32. The Balaban J connectivity index is 1.75. The van der Waals surface area contributed by atoms with Crippen LogP contribution in [0.4, 0.5) is 4.39 Å². The van der Waals surface area contributed by atoms with Gasteiger partial charge in [-0.15, -0.1) is 0 Å². The lowest BCUT2D eigenvalue weighted by Gasteiger charge is -2.49. The third kappa shape index (κ3) is 2.02. The lowest BCUT2D eigenvalue weighted by molar-refractivity contribution is -0.134. The molecule has 0 radical (unpaired) electrons. The first-order chi connectivity index (χ1) is 11.0. The van der Waals surface area contributed by atoms with Gasteiger partial charge in [-0.05, 0) is 79.5 Å². The topological polar surface area (TPSA) is 37.3 Å². The Kier molecular flexibility index (Phi) is 3.49. The SMILES string of the molecule is CC[C@]12CC[C@@H]3c4cc(Cl)c(O)cc4CC[C@H]3[C@@H]1C[C@H](F)C2=O. The van der Waals surface area contributed by atoms with Crippen molar-refractivity contribution >= 4 is 17.4 Å². The summed E-state index contributed by atoms with van der Waals surface area (Å²) in [7, 11) is 0. The number of Topliss-reactive ketones (excluding diaryl/α,β-unsaturated/α-hetero) is 1. The minimum Gasteiger partial charge on any atom is -0.506 e. The van der Waals surface area contributed by atoms with E-state index in [1.165, 1.54) is 11.1 Å². The van der Waals surface area contributed by atoms with Crippen molar-refractivity contribution in [3.05, 3.63) is 28.3 Å². The van der Waals surface area contributed by atoms with Crippen LogP contribution < -0.4 is 0 Å². The maximum Gasteiger partial charge on any atom is 0.173 e. The molecule has 1 aromatic carbocycles. The normalized spacial score (nSPS) is 38.8. The van der Waals surface area contributed by atoms with Crippen molar-refractivity contribution in [3.63, 3.8) is 0 Å². The van der Waals surface area contributed by atoms with E-state index >= 15 is 0 Å². The molecule has 2 saturated carbocycles. The highest BCUT2D eigenvalue weighted by Crippen LogP contribution is 2.61. The molecule has 0 spiro atoms. The third-order valence-electron chi connectivity index (χ3n) is 6.87. The molecule has 0 amide bonds. The van der Waals surface area contributed by atoms with Gasteiger partial charge in [-0.3, -0.25) is 4.79 Å². The van der Waals surface area contributed by atoms with Crippen molar-refractivity contribution in [1.82, 2.24) is 0 Å². The number of halogens is 2. The molecule has 23 heavy (non-hydrogen) atoms. The molecule has 4 heteroatoms. The van der Waals surface area contributed by atoms with E-state index in [2.05, 4.69) is 0 Å². The number of alkyl halides is 1. The molecular weight excluding hydrogens is 315 g/mol. The van der Waals surface area contributed by atoms with Crippen molar-refractivity contribution < 1.29 is 14.3 Å². The summed E-state index contributed by atoms with van der Waals surface area (Å²) in [6.07, 6.45) is 3.43. The molecule has 4 rings (SSSR count). The number of rotatable bonds is 1. The number of benzene rings is 1. The summed E-state index contributed by atoms with van der Waals surface area (Å²) in [4.78, 5) is 12.5. The summed E-state index contributed by atoms with van der Waals surface area (Å²) in [5, 5.41) is 10.2. The molecule has 3 aliphatic rings. The van der Waals surface area contributed by atoms with Crippen molar-refractivity contribution in [3.8, 4) is 5.75 Å². The van der Waals surface area contributed by atoms with Gasteiger partial charge in [-0.2, -0.15) is 0 Å². The quantitative estimate of drug-likeness (QED) is 0.799. The zero-order valence-electron chi connectivity index (χ0n) is 13.3. The fraction of sp³-hybridized carbons (Fsp3) is 0.632. The minimum atomic E-state index is -1.27. The molecule has 2 nitrogen and oxygen atoms in total. The van der Waals surface area contributed by atoms with Crippen LogP contribution >= 0.6 is 11.6 Å². The van der Waals surface area contributed by atoms with Crippen molar-refractivity contribution in [2.75, 3.05) is 0 Å².